The van der Waals surface area contributed by atoms with Gasteiger partial charge in [0.15, 0.2) is 0 Å². The van der Waals surface area contributed by atoms with E-state index in [1.165, 1.54) is 0 Å². The minimum Gasteiger partial charge on any atom is -0.481 e. The molecule has 3 rings (SSSR count). The standard InChI is InChI=1S/C23H28F3N3O2S/c1-2-27-16-18-12-17(15-22(30)31)13-21(14-18)32-29-10-8-28(9-11-29)20-5-3-4-19(6-7-20)23(24,25)26/h3-4,6-7,12-14,27H,2,5,8-11,15-16H2,1H3,(H,30,31). The first-order valence-electron chi connectivity index (χ1n) is 10.6. The van der Waals surface area contributed by atoms with E-state index in [0.29, 0.717) is 13.0 Å². The number of benzene rings is 1. The lowest BCUT2D eigenvalue weighted by atomic mass is 10.1. The molecule has 32 heavy (non-hydrogen) atoms. The van der Waals surface area contributed by atoms with Gasteiger partial charge in [-0.3, -0.25) is 4.79 Å². The maximum absolute atomic E-state index is 12.9. The summed E-state index contributed by atoms with van der Waals surface area (Å²) in [4.78, 5) is 14.3. The molecule has 0 bridgehead atoms. The topological polar surface area (TPSA) is 55.8 Å². The number of carbonyl (C=O) groups is 1. The predicted molar refractivity (Wildman–Crippen MR) is 120 cm³/mol. The fourth-order valence-electron chi connectivity index (χ4n) is 3.68. The van der Waals surface area contributed by atoms with Crippen LogP contribution in [0.2, 0.25) is 0 Å². The van der Waals surface area contributed by atoms with E-state index >= 15 is 0 Å². The van der Waals surface area contributed by atoms with Crippen LogP contribution in [0.1, 0.15) is 24.5 Å². The van der Waals surface area contributed by atoms with Gasteiger partial charge in [-0.05, 0) is 53.9 Å². The van der Waals surface area contributed by atoms with Gasteiger partial charge in [0.1, 0.15) is 0 Å². The molecule has 0 atom stereocenters. The van der Waals surface area contributed by atoms with Crippen LogP contribution < -0.4 is 5.32 Å². The lowest BCUT2D eigenvalue weighted by Gasteiger charge is -2.36. The minimum atomic E-state index is -4.33. The highest BCUT2D eigenvalue weighted by atomic mass is 32.2. The second-order valence-electron chi connectivity index (χ2n) is 7.73. The zero-order valence-electron chi connectivity index (χ0n) is 18.0. The molecule has 1 aliphatic heterocycles. The lowest BCUT2D eigenvalue weighted by molar-refractivity contribution is -0.136. The maximum atomic E-state index is 12.9. The van der Waals surface area contributed by atoms with E-state index in [1.54, 1.807) is 24.1 Å². The molecule has 174 valence electrons. The number of allylic oxidation sites excluding steroid dienone is 5. The van der Waals surface area contributed by atoms with Gasteiger partial charge in [0, 0.05) is 49.7 Å². The Morgan fingerprint density at radius 1 is 1.12 bits per heavy atom. The number of nitrogens with one attached hydrogen (secondary N) is 1. The minimum absolute atomic E-state index is 0.0175. The van der Waals surface area contributed by atoms with Crippen molar-refractivity contribution in [1.82, 2.24) is 14.5 Å². The molecular formula is C23H28F3N3O2S. The summed E-state index contributed by atoms with van der Waals surface area (Å²) in [5, 5.41) is 12.4. The SMILES string of the molecule is CCNCc1cc(CC(=O)O)cc(SN2CCN(C3=CC=C(C(F)(F)F)C=CC3)CC2)c1. The Bertz CT molecular complexity index is 904. The van der Waals surface area contributed by atoms with Gasteiger partial charge in [-0.15, -0.1) is 0 Å². The van der Waals surface area contributed by atoms with E-state index in [-0.39, 0.29) is 6.42 Å². The van der Waals surface area contributed by atoms with Crippen LogP contribution in [-0.4, -0.2) is 59.2 Å². The van der Waals surface area contributed by atoms with Crippen molar-refractivity contribution in [1.29, 1.82) is 0 Å². The molecule has 5 nitrogen and oxygen atoms in total. The molecule has 1 fully saturated rings. The Morgan fingerprint density at radius 3 is 2.50 bits per heavy atom. The summed E-state index contributed by atoms with van der Waals surface area (Å²) in [5.41, 5.74) is 2.09. The first-order chi connectivity index (χ1) is 15.2. The van der Waals surface area contributed by atoms with Crippen molar-refractivity contribution in [3.05, 3.63) is 64.9 Å². The van der Waals surface area contributed by atoms with E-state index in [0.717, 1.165) is 66.6 Å². The number of aliphatic carboxylic acids is 1. The number of hydrogen-bond donors (Lipinski definition) is 2. The average molecular weight is 468 g/mol. The number of alkyl halides is 3. The van der Waals surface area contributed by atoms with Crippen LogP contribution in [0.25, 0.3) is 0 Å². The van der Waals surface area contributed by atoms with Gasteiger partial charge in [-0.25, -0.2) is 4.31 Å². The zero-order chi connectivity index (χ0) is 23.1. The van der Waals surface area contributed by atoms with Crippen LogP contribution in [0.5, 0.6) is 0 Å². The molecule has 2 N–H and O–H groups in total. The Labute approximate surface area is 190 Å². The molecule has 2 aliphatic rings. The fraction of sp³-hybridized carbons (Fsp3) is 0.435. The first kappa shape index (κ1) is 24.4. The van der Waals surface area contributed by atoms with Crippen molar-refractivity contribution < 1.29 is 23.1 Å². The molecule has 1 heterocycles. The Balaban J connectivity index is 1.62. The molecule has 9 heteroatoms. The first-order valence-corrected chi connectivity index (χ1v) is 11.4. The summed E-state index contributed by atoms with van der Waals surface area (Å²) in [6.45, 7) is 6.50. The van der Waals surface area contributed by atoms with Crippen LogP contribution in [0, 0.1) is 0 Å². The van der Waals surface area contributed by atoms with Crippen molar-refractivity contribution in [2.24, 2.45) is 0 Å². The molecule has 0 saturated carbocycles. The number of hydrogen-bond acceptors (Lipinski definition) is 5. The van der Waals surface area contributed by atoms with Crippen LogP contribution in [0.3, 0.4) is 0 Å². The summed E-state index contributed by atoms with van der Waals surface area (Å²) in [6, 6.07) is 5.92. The van der Waals surface area contributed by atoms with E-state index < -0.39 is 17.7 Å². The number of piperazine rings is 1. The molecule has 1 aromatic carbocycles. The Kier molecular flexibility index (Phi) is 8.44. The molecule has 1 saturated heterocycles. The molecule has 1 aliphatic carbocycles. The van der Waals surface area contributed by atoms with Crippen molar-refractivity contribution in [3.63, 3.8) is 0 Å². The van der Waals surface area contributed by atoms with Crippen molar-refractivity contribution in [2.75, 3.05) is 32.7 Å². The summed E-state index contributed by atoms with van der Waals surface area (Å²) in [7, 11) is 0. The molecule has 0 amide bonds. The number of nitrogens with zero attached hydrogens (tertiary/aromatic N) is 2. The smallest absolute Gasteiger partial charge is 0.416 e. The van der Waals surface area contributed by atoms with Gasteiger partial charge in [-0.2, -0.15) is 13.2 Å². The van der Waals surface area contributed by atoms with Gasteiger partial charge in [0.05, 0.1) is 12.0 Å². The quantitative estimate of drug-likeness (QED) is 0.554. The largest absolute Gasteiger partial charge is 0.481 e. The highest BCUT2D eigenvalue weighted by molar-refractivity contribution is 7.97. The number of rotatable bonds is 8. The predicted octanol–water partition coefficient (Wildman–Crippen LogP) is 4.38. The summed E-state index contributed by atoms with van der Waals surface area (Å²) in [5.74, 6) is -0.858. The van der Waals surface area contributed by atoms with Gasteiger partial charge in [0.2, 0.25) is 0 Å². The van der Waals surface area contributed by atoms with Gasteiger partial charge in [0.25, 0.3) is 0 Å². The highest BCUT2D eigenvalue weighted by Gasteiger charge is 2.32. The molecule has 1 aromatic rings. The molecule has 0 spiro atoms. The summed E-state index contributed by atoms with van der Waals surface area (Å²) < 4.78 is 41.0. The third kappa shape index (κ3) is 7.15. The summed E-state index contributed by atoms with van der Waals surface area (Å²) in [6.07, 6.45) is 1.57. The zero-order valence-corrected chi connectivity index (χ0v) is 18.8. The van der Waals surface area contributed by atoms with E-state index in [2.05, 4.69) is 20.6 Å². The van der Waals surface area contributed by atoms with E-state index in [4.69, 9.17) is 5.11 Å². The number of carboxylic acids is 1. The van der Waals surface area contributed by atoms with Crippen LogP contribution in [0.15, 0.2) is 58.7 Å². The Hall–Kier alpha value is -2.23. The fourth-order valence-corrected chi connectivity index (χ4v) is 4.74. The number of halogens is 3. The van der Waals surface area contributed by atoms with Crippen LogP contribution >= 0.6 is 11.9 Å². The third-order valence-corrected chi connectivity index (χ3v) is 6.32. The average Bonchev–Trinajstić information content (AvgIpc) is 2.99. The maximum Gasteiger partial charge on any atom is 0.416 e. The Morgan fingerprint density at radius 2 is 1.84 bits per heavy atom. The van der Waals surface area contributed by atoms with Crippen molar-refractivity contribution in [2.45, 2.75) is 37.4 Å². The second-order valence-corrected chi connectivity index (χ2v) is 8.90. The summed E-state index contributed by atoms with van der Waals surface area (Å²) >= 11 is 1.60. The van der Waals surface area contributed by atoms with Gasteiger partial charge < -0.3 is 15.3 Å². The number of carboxylic acid groups (broad SMARTS) is 1. The van der Waals surface area contributed by atoms with Gasteiger partial charge >= 0.3 is 12.1 Å². The normalized spacial score (nSPS) is 17.7. The van der Waals surface area contributed by atoms with E-state index in [9.17, 15) is 18.0 Å². The molecule has 0 radical (unpaired) electrons. The highest BCUT2D eigenvalue weighted by Crippen LogP contribution is 2.31. The van der Waals surface area contributed by atoms with Crippen LogP contribution in [0.4, 0.5) is 13.2 Å². The molecule has 0 unspecified atom stereocenters. The van der Waals surface area contributed by atoms with Crippen molar-refractivity contribution >= 4 is 17.9 Å². The monoisotopic (exact) mass is 467 g/mol. The van der Waals surface area contributed by atoms with Gasteiger partial charge in [-0.1, -0.05) is 25.1 Å². The van der Waals surface area contributed by atoms with Crippen LogP contribution in [-0.2, 0) is 17.8 Å². The third-order valence-electron chi connectivity index (χ3n) is 5.25. The van der Waals surface area contributed by atoms with Crippen molar-refractivity contribution in [3.8, 4) is 0 Å². The molecule has 0 aromatic heterocycles. The second kappa shape index (κ2) is 11.1. The lowest BCUT2D eigenvalue weighted by Crippen LogP contribution is -2.42. The molecular weight excluding hydrogens is 439 g/mol. The van der Waals surface area contributed by atoms with E-state index in [1.807, 2.05) is 19.1 Å².